The molecule has 0 spiro atoms. The highest BCUT2D eigenvalue weighted by atomic mass is 16.5. The normalized spacial score (nSPS) is 18.3. The van der Waals surface area contributed by atoms with Gasteiger partial charge >= 0.3 is 0 Å². The summed E-state index contributed by atoms with van der Waals surface area (Å²) in [4.78, 5) is 2.43. The van der Waals surface area contributed by atoms with Crippen molar-refractivity contribution < 1.29 is 4.74 Å². The van der Waals surface area contributed by atoms with Gasteiger partial charge in [0.15, 0.2) is 0 Å². The maximum Gasteiger partial charge on any atom is 0.0594 e. The van der Waals surface area contributed by atoms with E-state index in [1.807, 2.05) is 6.20 Å². The van der Waals surface area contributed by atoms with Crippen LogP contribution in [0, 0.1) is 13.8 Å². The van der Waals surface area contributed by atoms with E-state index in [4.69, 9.17) is 4.74 Å². The zero-order valence-electron chi connectivity index (χ0n) is 9.57. The van der Waals surface area contributed by atoms with Gasteiger partial charge in [0.2, 0.25) is 0 Å². The van der Waals surface area contributed by atoms with Gasteiger partial charge in [-0.15, -0.1) is 0 Å². The van der Waals surface area contributed by atoms with Gasteiger partial charge in [0, 0.05) is 25.3 Å². The molecule has 0 amide bonds. The Kier molecular flexibility index (Phi) is 3.38. The second kappa shape index (κ2) is 4.77. The Hall–Kier alpha value is -0.870. The summed E-state index contributed by atoms with van der Waals surface area (Å²) in [6, 6.07) is 0. The van der Waals surface area contributed by atoms with Crippen molar-refractivity contribution in [1.29, 1.82) is 0 Å². The van der Waals surface area contributed by atoms with Crippen LogP contribution < -0.4 is 0 Å². The SMILES string of the molecule is Cc1cnn(CCN2CCOCC2)c1C. The molecule has 0 saturated carbocycles. The van der Waals surface area contributed by atoms with Gasteiger partial charge in [-0.05, 0) is 19.4 Å². The summed E-state index contributed by atoms with van der Waals surface area (Å²) >= 11 is 0. The Balaban J connectivity index is 1.84. The van der Waals surface area contributed by atoms with E-state index in [0.29, 0.717) is 0 Å². The molecule has 0 unspecified atom stereocenters. The zero-order valence-corrected chi connectivity index (χ0v) is 9.57. The maximum atomic E-state index is 5.32. The number of aromatic nitrogens is 2. The fourth-order valence-electron chi connectivity index (χ4n) is 1.83. The number of ether oxygens (including phenoxy) is 1. The molecule has 1 aliphatic heterocycles. The van der Waals surface area contributed by atoms with Gasteiger partial charge in [-0.3, -0.25) is 9.58 Å². The van der Waals surface area contributed by atoms with E-state index in [1.54, 1.807) is 0 Å². The molecule has 4 heteroatoms. The molecule has 15 heavy (non-hydrogen) atoms. The molecule has 1 aromatic heterocycles. The number of hydrogen-bond acceptors (Lipinski definition) is 3. The Morgan fingerprint density at radius 3 is 2.60 bits per heavy atom. The molecule has 1 saturated heterocycles. The first-order valence-electron chi connectivity index (χ1n) is 5.56. The van der Waals surface area contributed by atoms with Crippen molar-refractivity contribution in [3.63, 3.8) is 0 Å². The largest absolute Gasteiger partial charge is 0.379 e. The van der Waals surface area contributed by atoms with Crippen LogP contribution in [0.3, 0.4) is 0 Å². The van der Waals surface area contributed by atoms with E-state index in [-0.39, 0.29) is 0 Å². The highest BCUT2D eigenvalue weighted by molar-refractivity contribution is 5.13. The Morgan fingerprint density at radius 2 is 2.00 bits per heavy atom. The van der Waals surface area contributed by atoms with Crippen molar-refractivity contribution in [3.8, 4) is 0 Å². The van der Waals surface area contributed by atoms with Gasteiger partial charge in [-0.25, -0.2) is 0 Å². The van der Waals surface area contributed by atoms with E-state index in [9.17, 15) is 0 Å². The molecule has 4 nitrogen and oxygen atoms in total. The molecule has 84 valence electrons. The van der Waals surface area contributed by atoms with Gasteiger partial charge in [-0.1, -0.05) is 0 Å². The van der Waals surface area contributed by atoms with Crippen LogP contribution in [0.2, 0.25) is 0 Å². The Labute approximate surface area is 90.8 Å². The van der Waals surface area contributed by atoms with Crippen LogP contribution in [-0.4, -0.2) is 47.5 Å². The van der Waals surface area contributed by atoms with Gasteiger partial charge < -0.3 is 4.74 Å². The molecule has 0 aliphatic carbocycles. The number of hydrogen-bond donors (Lipinski definition) is 0. The molecule has 0 bridgehead atoms. The van der Waals surface area contributed by atoms with Crippen molar-refractivity contribution >= 4 is 0 Å². The second-order valence-corrected chi connectivity index (χ2v) is 4.09. The lowest BCUT2D eigenvalue weighted by atomic mass is 10.3. The first-order valence-corrected chi connectivity index (χ1v) is 5.56. The molecule has 1 aromatic rings. The second-order valence-electron chi connectivity index (χ2n) is 4.09. The maximum absolute atomic E-state index is 5.32. The van der Waals surface area contributed by atoms with Crippen LogP contribution in [0.25, 0.3) is 0 Å². The van der Waals surface area contributed by atoms with Crippen molar-refractivity contribution in [2.24, 2.45) is 0 Å². The van der Waals surface area contributed by atoms with Crippen LogP contribution in [-0.2, 0) is 11.3 Å². The smallest absolute Gasteiger partial charge is 0.0594 e. The quantitative estimate of drug-likeness (QED) is 0.738. The fourth-order valence-corrected chi connectivity index (χ4v) is 1.83. The summed E-state index contributed by atoms with van der Waals surface area (Å²) in [7, 11) is 0. The lowest BCUT2D eigenvalue weighted by molar-refractivity contribution is 0.0359. The van der Waals surface area contributed by atoms with Crippen molar-refractivity contribution in [1.82, 2.24) is 14.7 Å². The summed E-state index contributed by atoms with van der Waals surface area (Å²) < 4.78 is 7.40. The minimum Gasteiger partial charge on any atom is -0.379 e. The standard InChI is InChI=1S/C11H19N3O/c1-10-9-12-14(11(10)2)4-3-13-5-7-15-8-6-13/h9H,3-8H2,1-2H3. The predicted molar refractivity (Wildman–Crippen MR) is 59.0 cm³/mol. The van der Waals surface area contributed by atoms with Crippen LogP contribution in [0.1, 0.15) is 11.3 Å². The molecule has 1 aliphatic rings. The summed E-state index contributed by atoms with van der Waals surface area (Å²) in [5.41, 5.74) is 2.56. The molecule has 0 atom stereocenters. The van der Waals surface area contributed by atoms with E-state index in [2.05, 4.69) is 28.5 Å². The highest BCUT2D eigenvalue weighted by Crippen LogP contribution is 2.05. The van der Waals surface area contributed by atoms with E-state index in [1.165, 1.54) is 11.3 Å². The topological polar surface area (TPSA) is 30.3 Å². The summed E-state index contributed by atoms with van der Waals surface area (Å²) in [6.07, 6.45) is 1.94. The molecule has 1 fully saturated rings. The molecule has 0 N–H and O–H groups in total. The third-order valence-electron chi connectivity index (χ3n) is 3.08. The van der Waals surface area contributed by atoms with E-state index < -0.39 is 0 Å². The third kappa shape index (κ3) is 2.58. The minimum atomic E-state index is 0.872. The molecular weight excluding hydrogens is 190 g/mol. The van der Waals surface area contributed by atoms with Crippen molar-refractivity contribution in [2.75, 3.05) is 32.8 Å². The average molecular weight is 209 g/mol. The van der Waals surface area contributed by atoms with Crippen molar-refractivity contribution in [3.05, 3.63) is 17.5 Å². The first kappa shape index (κ1) is 10.6. The summed E-state index contributed by atoms with van der Waals surface area (Å²) in [5.74, 6) is 0. The molecule has 2 heterocycles. The number of aryl methyl sites for hydroxylation is 1. The summed E-state index contributed by atoms with van der Waals surface area (Å²) in [5, 5.41) is 4.36. The van der Waals surface area contributed by atoms with E-state index >= 15 is 0 Å². The predicted octanol–water partition coefficient (Wildman–Crippen LogP) is 0.832. The molecular formula is C11H19N3O. The van der Waals surface area contributed by atoms with Crippen LogP contribution in [0.15, 0.2) is 6.20 Å². The molecule has 0 radical (unpaired) electrons. The molecule has 2 rings (SSSR count). The lowest BCUT2D eigenvalue weighted by Crippen LogP contribution is -2.38. The monoisotopic (exact) mass is 209 g/mol. The van der Waals surface area contributed by atoms with Gasteiger partial charge in [0.05, 0.1) is 26.0 Å². The number of nitrogens with zero attached hydrogens (tertiary/aromatic N) is 3. The van der Waals surface area contributed by atoms with E-state index in [0.717, 1.165) is 39.4 Å². The van der Waals surface area contributed by atoms with Gasteiger partial charge in [0.25, 0.3) is 0 Å². The Morgan fingerprint density at radius 1 is 1.27 bits per heavy atom. The van der Waals surface area contributed by atoms with Gasteiger partial charge in [-0.2, -0.15) is 5.10 Å². The highest BCUT2D eigenvalue weighted by Gasteiger charge is 2.10. The lowest BCUT2D eigenvalue weighted by Gasteiger charge is -2.26. The van der Waals surface area contributed by atoms with Crippen LogP contribution in [0.4, 0.5) is 0 Å². The van der Waals surface area contributed by atoms with Crippen molar-refractivity contribution in [2.45, 2.75) is 20.4 Å². The first-order chi connectivity index (χ1) is 7.27. The van der Waals surface area contributed by atoms with Crippen LogP contribution in [0.5, 0.6) is 0 Å². The third-order valence-corrected chi connectivity index (χ3v) is 3.08. The average Bonchev–Trinajstić information content (AvgIpc) is 2.59. The Bertz CT molecular complexity index is 316. The van der Waals surface area contributed by atoms with Crippen LogP contribution >= 0.6 is 0 Å². The zero-order chi connectivity index (χ0) is 10.7. The van der Waals surface area contributed by atoms with Gasteiger partial charge in [0.1, 0.15) is 0 Å². The summed E-state index contributed by atoms with van der Waals surface area (Å²) in [6.45, 7) is 10.1. The fraction of sp³-hybridized carbons (Fsp3) is 0.727. The molecule has 0 aromatic carbocycles. The number of morpholine rings is 1. The minimum absolute atomic E-state index is 0.872. The number of rotatable bonds is 3.